The van der Waals surface area contributed by atoms with E-state index in [-0.39, 0.29) is 5.91 Å². The van der Waals surface area contributed by atoms with Crippen molar-refractivity contribution in [2.24, 2.45) is 5.41 Å². The van der Waals surface area contributed by atoms with Crippen molar-refractivity contribution in [3.05, 3.63) is 29.3 Å². The van der Waals surface area contributed by atoms with Crippen LogP contribution in [0.3, 0.4) is 0 Å². The summed E-state index contributed by atoms with van der Waals surface area (Å²) in [5.74, 6) is -1.36. The summed E-state index contributed by atoms with van der Waals surface area (Å²) in [4.78, 5) is 25.0. The lowest BCUT2D eigenvalue weighted by molar-refractivity contribution is -0.148. The Morgan fingerprint density at radius 2 is 1.89 bits per heavy atom. The van der Waals surface area contributed by atoms with Gasteiger partial charge >= 0.3 is 5.97 Å². The van der Waals surface area contributed by atoms with Gasteiger partial charge in [-0.2, -0.15) is 0 Å². The van der Waals surface area contributed by atoms with E-state index in [0.29, 0.717) is 30.1 Å². The number of aliphatic carboxylic acids is 1. The van der Waals surface area contributed by atoms with Crippen molar-refractivity contribution in [3.8, 4) is 0 Å². The van der Waals surface area contributed by atoms with Crippen LogP contribution in [0.15, 0.2) is 24.3 Å². The van der Waals surface area contributed by atoms with Gasteiger partial charge in [0.1, 0.15) is 5.41 Å². The number of carboxylic acids is 1. The molecule has 1 saturated carbocycles. The molecule has 1 aliphatic rings. The Labute approximate surface area is 110 Å². The first kappa shape index (κ1) is 12.9. The fraction of sp³-hybridized carbons (Fsp3) is 0.385. The van der Waals surface area contributed by atoms with E-state index in [1.807, 2.05) is 6.92 Å². The van der Waals surface area contributed by atoms with Gasteiger partial charge in [0.05, 0.1) is 0 Å². The number of carbonyl (C=O) groups is 2. The average Bonchev–Trinajstić information content (AvgIpc) is 3.13. The van der Waals surface area contributed by atoms with Gasteiger partial charge in [-0.25, -0.2) is 0 Å². The lowest BCUT2D eigenvalue weighted by Gasteiger charge is -2.24. The summed E-state index contributed by atoms with van der Waals surface area (Å²) in [7, 11) is 0. The van der Waals surface area contributed by atoms with E-state index in [1.54, 1.807) is 24.3 Å². The Balaban J connectivity index is 2.27. The number of carbonyl (C=O) groups excluding carboxylic acids is 1. The van der Waals surface area contributed by atoms with Crippen LogP contribution in [0.5, 0.6) is 0 Å². The number of amides is 1. The van der Waals surface area contributed by atoms with Gasteiger partial charge in [-0.05, 0) is 44.0 Å². The Bertz CT molecular complexity index is 480. The zero-order valence-electron chi connectivity index (χ0n) is 10.0. The van der Waals surface area contributed by atoms with E-state index in [2.05, 4.69) is 0 Å². The van der Waals surface area contributed by atoms with Crippen LogP contribution in [0.1, 0.15) is 19.8 Å². The Kier molecular flexibility index (Phi) is 3.30. The second-order valence-corrected chi connectivity index (χ2v) is 4.85. The third-order valence-electron chi connectivity index (χ3n) is 3.27. The Hall–Kier alpha value is -1.55. The highest BCUT2D eigenvalue weighted by molar-refractivity contribution is 6.30. The fourth-order valence-electron chi connectivity index (χ4n) is 1.97. The first-order valence-corrected chi connectivity index (χ1v) is 6.20. The predicted octanol–water partition coefficient (Wildman–Crippen LogP) is 2.56. The van der Waals surface area contributed by atoms with Gasteiger partial charge in [0.15, 0.2) is 0 Å². The van der Waals surface area contributed by atoms with Crippen LogP contribution in [0, 0.1) is 5.41 Å². The van der Waals surface area contributed by atoms with E-state index in [4.69, 9.17) is 16.7 Å². The molecule has 1 fully saturated rings. The van der Waals surface area contributed by atoms with Crippen LogP contribution < -0.4 is 4.90 Å². The van der Waals surface area contributed by atoms with Crippen molar-refractivity contribution in [1.82, 2.24) is 0 Å². The minimum absolute atomic E-state index is 0.333. The molecule has 4 nitrogen and oxygen atoms in total. The largest absolute Gasteiger partial charge is 0.480 e. The molecule has 0 radical (unpaired) electrons. The molecule has 1 amide bonds. The van der Waals surface area contributed by atoms with Crippen LogP contribution in [-0.4, -0.2) is 23.5 Å². The number of rotatable bonds is 4. The van der Waals surface area contributed by atoms with Crippen molar-refractivity contribution in [2.45, 2.75) is 19.8 Å². The molecule has 0 spiro atoms. The topological polar surface area (TPSA) is 57.6 Å². The van der Waals surface area contributed by atoms with Crippen molar-refractivity contribution < 1.29 is 14.7 Å². The number of benzene rings is 1. The van der Waals surface area contributed by atoms with Gasteiger partial charge in [0.25, 0.3) is 0 Å². The number of hydrogen-bond acceptors (Lipinski definition) is 2. The molecule has 0 saturated heterocycles. The van der Waals surface area contributed by atoms with Crippen molar-refractivity contribution in [3.63, 3.8) is 0 Å². The highest BCUT2D eigenvalue weighted by Gasteiger charge is 2.58. The quantitative estimate of drug-likeness (QED) is 0.853. The SMILES string of the molecule is CCN(C(=O)C1(C(=O)O)CC1)c1ccc(Cl)cc1. The molecule has 0 aliphatic heterocycles. The average molecular weight is 268 g/mol. The summed E-state index contributed by atoms with van der Waals surface area (Å²) in [6, 6.07) is 6.82. The van der Waals surface area contributed by atoms with Crippen LogP contribution in [0.2, 0.25) is 5.02 Å². The predicted molar refractivity (Wildman–Crippen MR) is 68.8 cm³/mol. The standard InChI is InChI=1S/C13H14ClNO3/c1-2-15(10-5-3-9(14)4-6-10)11(16)13(7-8-13)12(17)18/h3-6H,2,7-8H2,1H3,(H,17,18). The monoisotopic (exact) mass is 267 g/mol. The molecule has 96 valence electrons. The minimum atomic E-state index is -1.20. The van der Waals surface area contributed by atoms with Gasteiger partial charge in [0, 0.05) is 17.3 Å². The molecule has 0 heterocycles. The summed E-state index contributed by atoms with van der Waals surface area (Å²) >= 11 is 5.79. The number of anilines is 1. The molecule has 0 aromatic heterocycles. The molecule has 1 aliphatic carbocycles. The van der Waals surface area contributed by atoms with Gasteiger partial charge in [-0.15, -0.1) is 0 Å². The van der Waals surface area contributed by atoms with Gasteiger partial charge in [-0.1, -0.05) is 11.6 Å². The fourth-order valence-corrected chi connectivity index (χ4v) is 2.09. The highest BCUT2D eigenvalue weighted by Crippen LogP contribution is 2.48. The zero-order chi connectivity index (χ0) is 13.3. The molecule has 1 aromatic rings. The molecule has 0 bridgehead atoms. The maximum absolute atomic E-state index is 12.3. The third-order valence-corrected chi connectivity index (χ3v) is 3.52. The lowest BCUT2D eigenvalue weighted by Crippen LogP contribution is -2.41. The summed E-state index contributed by atoms with van der Waals surface area (Å²) in [5, 5.41) is 9.73. The van der Waals surface area contributed by atoms with Crippen LogP contribution in [0.25, 0.3) is 0 Å². The maximum atomic E-state index is 12.3. The summed E-state index contributed by atoms with van der Waals surface area (Å²) in [6.07, 6.45) is 0.844. The Morgan fingerprint density at radius 3 is 2.28 bits per heavy atom. The molecule has 1 aromatic carbocycles. The third kappa shape index (κ3) is 2.08. The summed E-state index contributed by atoms with van der Waals surface area (Å²) in [6.45, 7) is 2.26. The first-order valence-electron chi connectivity index (χ1n) is 5.82. The normalized spacial score (nSPS) is 16.1. The van der Waals surface area contributed by atoms with Crippen molar-refractivity contribution >= 4 is 29.2 Å². The van der Waals surface area contributed by atoms with Crippen molar-refractivity contribution in [1.29, 1.82) is 0 Å². The maximum Gasteiger partial charge on any atom is 0.319 e. The molecule has 5 heteroatoms. The molecule has 2 rings (SSSR count). The number of carboxylic acid groups (broad SMARTS) is 1. The van der Waals surface area contributed by atoms with E-state index in [1.165, 1.54) is 4.90 Å². The van der Waals surface area contributed by atoms with Crippen molar-refractivity contribution in [2.75, 3.05) is 11.4 Å². The molecule has 18 heavy (non-hydrogen) atoms. The Morgan fingerprint density at radius 1 is 1.33 bits per heavy atom. The van der Waals surface area contributed by atoms with Gasteiger partial charge in [0.2, 0.25) is 5.91 Å². The second kappa shape index (κ2) is 4.61. The lowest BCUT2D eigenvalue weighted by atomic mass is 10.1. The highest BCUT2D eigenvalue weighted by atomic mass is 35.5. The molecular weight excluding hydrogens is 254 g/mol. The van der Waals surface area contributed by atoms with E-state index >= 15 is 0 Å². The van der Waals surface area contributed by atoms with Crippen LogP contribution in [-0.2, 0) is 9.59 Å². The summed E-state index contributed by atoms with van der Waals surface area (Å²) < 4.78 is 0. The minimum Gasteiger partial charge on any atom is -0.480 e. The summed E-state index contributed by atoms with van der Waals surface area (Å²) in [5.41, 5.74) is -0.519. The number of halogens is 1. The first-order chi connectivity index (χ1) is 8.51. The smallest absolute Gasteiger partial charge is 0.319 e. The molecule has 0 unspecified atom stereocenters. The van der Waals surface area contributed by atoms with Gasteiger partial charge < -0.3 is 10.0 Å². The number of nitrogens with zero attached hydrogens (tertiary/aromatic N) is 1. The second-order valence-electron chi connectivity index (χ2n) is 4.41. The van der Waals surface area contributed by atoms with Crippen LogP contribution >= 0.6 is 11.6 Å². The van der Waals surface area contributed by atoms with E-state index < -0.39 is 11.4 Å². The van der Waals surface area contributed by atoms with E-state index in [9.17, 15) is 9.59 Å². The van der Waals surface area contributed by atoms with Crippen LogP contribution in [0.4, 0.5) is 5.69 Å². The molecular formula is C13H14ClNO3. The molecule has 1 N–H and O–H groups in total. The van der Waals surface area contributed by atoms with E-state index in [0.717, 1.165) is 0 Å². The van der Waals surface area contributed by atoms with Gasteiger partial charge in [-0.3, -0.25) is 9.59 Å². The molecule has 0 atom stereocenters. The zero-order valence-corrected chi connectivity index (χ0v) is 10.8. The number of hydrogen-bond donors (Lipinski definition) is 1.